The number of hydrogen-bond acceptors (Lipinski definition) is 4. The molecule has 0 saturated carbocycles. The van der Waals surface area contributed by atoms with Crippen LogP contribution < -0.4 is 10.7 Å². The molecule has 26 heavy (non-hydrogen) atoms. The lowest BCUT2D eigenvalue weighted by molar-refractivity contribution is -0.136. The number of carbonyl (C=O) groups excluding carboxylic acids is 2. The van der Waals surface area contributed by atoms with Crippen molar-refractivity contribution in [1.82, 2.24) is 10.4 Å². The van der Waals surface area contributed by atoms with Crippen molar-refractivity contribution in [3.63, 3.8) is 0 Å². The van der Waals surface area contributed by atoms with E-state index in [1.165, 1.54) is 6.21 Å². The van der Waals surface area contributed by atoms with Crippen LogP contribution in [0.3, 0.4) is 0 Å². The third-order valence-electron chi connectivity index (χ3n) is 3.38. The molecule has 0 aliphatic rings. The second kappa shape index (κ2) is 7.95. The van der Waals surface area contributed by atoms with Crippen molar-refractivity contribution in [2.75, 3.05) is 5.32 Å². The molecular weight excluding hydrogens is 375 g/mol. The summed E-state index contributed by atoms with van der Waals surface area (Å²) in [6.45, 7) is 0. The topological polar surface area (TPSA) is 83.5 Å². The number of hydrazone groups is 1. The van der Waals surface area contributed by atoms with Crippen LogP contribution in [0.2, 0.25) is 10.2 Å². The van der Waals surface area contributed by atoms with Crippen molar-refractivity contribution in [1.29, 1.82) is 0 Å². The monoisotopic (exact) mass is 386 g/mol. The van der Waals surface area contributed by atoms with Gasteiger partial charge in [0.15, 0.2) is 0 Å². The quantitative estimate of drug-likeness (QED) is 0.312. The number of benzene rings is 2. The lowest BCUT2D eigenvalue weighted by atomic mass is 10.2. The molecule has 0 aliphatic carbocycles. The average molecular weight is 387 g/mol. The van der Waals surface area contributed by atoms with Crippen LogP contribution in [0.4, 0.5) is 5.69 Å². The molecule has 0 spiro atoms. The standard InChI is InChI=1S/C18H12Cl2N4O2/c19-13-5-7-14(8-6-13)22-17(25)18(26)24-21-10-12-9-11-3-1-2-4-15(11)23-16(12)20/h1-10H,(H,22,25)(H,24,26)/b21-10-. The van der Waals surface area contributed by atoms with Gasteiger partial charge in [0.1, 0.15) is 5.15 Å². The molecule has 1 aromatic heterocycles. The summed E-state index contributed by atoms with van der Waals surface area (Å²) < 4.78 is 0. The van der Waals surface area contributed by atoms with Crippen molar-refractivity contribution in [2.24, 2.45) is 5.10 Å². The van der Waals surface area contributed by atoms with Crippen molar-refractivity contribution in [2.45, 2.75) is 0 Å². The van der Waals surface area contributed by atoms with Crippen molar-refractivity contribution >= 4 is 57.8 Å². The first kappa shape index (κ1) is 17.8. The first-order chi connectivity index (χ1) is 12.5. The van der Waals surface area contributed by atoms with E-state index in [4.69, 9.17) is 23.2 Å². The van der Waals surface area contributed by atoms with Gasteiger partial charge in [0.2, 0.25) is 0 Å². The summed E-state index contributed by atoms with van der Waals surface area (Å²) in [7, 11) is 0. The summed E-state index contributed by atoms with van der Waals surface area (Å²) in [5, 5.41) is 7.83. The number of nitrogens with one attached hydrogen (secondary N) is 2. The molecule has 0 radical (unpaired) electrons. The summed E-state index contributed by atoms with van der Waals surface area (Å²) in [6.07, 6.45) is 1.33. The Morgan fingerprint density at radius 3 is 2.50 bits per heavy atom. The normalized spacial score (nSPS) is 10.8. The molecule has 1 heterocycles. The van der Waals surface area contributed by atoms with Gasteiger partial charge < -0.3 is 5.32 Å². The molecule has 0 aliphatic heterocycles. The van der Waals surface area contributed by atoms with Crippen LogP contribution in [0.1, 0.15) is 5.56 Å². The molecule has 3 rings (SSSR count). The first-order valence-electron chi connectivity index (χ1n) is 7.48. The molecule has 6 nitrogen and oxygen atoms in total. The minimum atomic E-state index is -0.916. The van der Waals surface area contributed by atoms with E-state index in [0.29, 0.717) is 16.3 Å². The first-order valence-corrected chi connectivity index (χ1v) is 8.24. The third-order valence-corrected chi connectivity index (χ3v) is 3.94. The van der Waals surface area contributed by atoms with Crippen LogP contribution in [0.15, 0.2) is 59.7 Å². The van der Waals surface area contributed by atoms with Crippen molar-refractivity contribution in [3.8, 4) is 0 Å². The van der Waals surface area contributed by atoms with Crippen LogP contribution in [-0.4, -0.2) is 23.0 Å². The van der Waals surface area contributed by atoms with Crippen LogP contribution in [-0.2, 0) is 9.59 Å². The minimum Gasteiger partial charge on any atom is -0.318 e. The maximum Gasteiger partial charge on any atom is 0.329 e. The van der Waals surface area contributed by atoms with E-state index in [-0.39, 0.29) is 5.15 Å². The summed E-state index contributed by atoms with van der Waals surface area (Å²) >= 11 is 11.9. The van der Waals surface area contributed by atoms with Crippen molar-refractivity contribution in [3.05, 3.63) is 70.3 Å². The predicted molar refractivity (Wildman–Crippen MR) is 103 cm³/mol. The van der Waals surface area contributed by atoms with Gasteiger partial charge in [-0.1, -0.05) is 41.4 Å². The largest absolute Gasteiger partial charge is 0.329 e. The smallest absolute Gasteiger partial charge is 0.318 e. The molecule has 3 aromatic rings. The van der Waals surface area contributed by atoms with E-state index in [1.54, 1.807) is 30.3 Å². The van der Waals surface area contributed by atoms with Crippen LogP contribution in [0.5, 0.6) is 0 Å². The average Bonchev–Trinajstić information content (AvgIpc) is 2.63. The highest BCUT2D eigenvalue weighted by atomic mass is 35.5. The zero-order chi connectivity index (χ0) is 18.5. The highest BCUT2D eigenvalue weighted by Gasteiger charge is 2.12. The number of hydrogen-bond donors (Lipinski definition) is 2. The molecule has 0 atom stereocenters. The third kappa shape index (κ3) is 4.36. The van der Waals surface area contributed by atoms with Crippen LogP contribution in [0.25, 0.3) is 10.9 Å². The fraction of sp³-hybridized carbons (Fsp3) is 0. The number of anilines is 1. The second-order valence-electron chi connectivity index (χ2n) is 5.22. The highest BCUT2D eigenvalue weighted by molar-refractivity contribution is 6.39. The second-order valence-corrected chi connectivity index (χ2v) is 6.02. The van der Waals surface area contributed by atoms with E-state index in [2.05, 4.69) is 20.8 Å². The number of pyridine rings is 1. The molecule has 0 bridgehead atoms. The zero-order valence-corrected chi connectivity index (χ0v) is 14.8. The summed E-state index contributed by atoms with van der Waals surface area (Å²) in [6, 6.07) is 15.6. The SMILES string of the molecule is O=C(N/N=C\c1cc2ccccc2nc1Cl)C(=O)Nc1ccc(Cl)cc1. The Bertz CT molecular complexity index is 1000. The van der Waals surface area contributed by atoms with E-state index in [1.807, 2.05) is 24.3 Å². The Morgan fingerprint density at radius 2 is 1.73 bits per heavy atom. The maximum atomic E-state index is 11.8. The highest BCUT2D eigenvalue weighted by Crippen LogP contribution is 2.19. The number of amides is 2. The van der Waals surface area contributed by atoms with Gasteiger partial charge in [-0.15, -0.1) is 0 Å². The number of halogens is 2. The Labute approximate surface area is 158 Å². The van der Waals surface area contributed by atoms with Gasteiger partial charge in [-0.3, -0.25) is 9.59 Å². The molecule has 0 unspecified atom stereocenters. The fourth-order valence-electron chi connectivity index (χ4n) is 2.13. The Morgan fingerprint density at radius 1 is 1.00 bits per heavy atom. The molecule has 2 aromatic carbocycles. The summed E-state index contributed by atoms with van der Waals surface area (Å²) in [5.41, 5.74) is 3.86. The number of para-hydroxylation sites is 1. The van der Waals surface area contributed by atoms with Gasteiger partial charge in [-0.25, -0.2) is 10.4 Å². The lowest BCUT2D eigenvalue weighted by Crippen LogP contribution is -2.32. The maximum absolute atomic E-state index is 11.8. The number of rotatable bonds is 3. The Balaban J connectivity index is 1.64. The lowest BCUT2D eigenvalue weighted by Gasteiger charge is -2.04. The molecule has 0 saturated heterocycles. The fourth-order valence-corrected chi connectivity index (χ4v) is 2.45. The van der Waals surface area contributed by atoms with E-state index >= 15 is 0 Å². The molecular formula is C18H12Cl2N4O2. The van der Waals surface area contributed by atoms with E-state index in [0.717, 1.165) is 10.9 Å². The summed E-state index contributed by atoms with van der Waals surface area (Å²) in [4.78, 5) is 27.8. The Hall–Kier alpha value is -2.96. The van der Waals surface area contributed by atoms with Gasteiger partial charge in [-0.05, 0) is 36.4 Å². The van der Waals surface area contributed by atoms with Gasteiger partial charge in [0.05, 0.1) is 11.7 Å². The van der Waals surface area contributed by atoms with Gasteiger partial charge in [0, 0.05) is 21.7 Å². The van der Waals surface area contributed by atoms with Crippen LogP contribution >= 0.6 is 23.2 Å². The zero-order valence-electron chi connectivity index (χ0n) is 13.2. The summed E-state index contributed by atoms with van der Waals surface area (Å²) in [5.74, 6) is -1.77. The minimum absolute atomic E-state index is 0.243. The predicted octanol–water partition coefficient (Wildman–Crippen LogP) is 3.63. The van der Waals surface area contributed by atoms with Crippen LogP contribution in [0, 0.1) is 0 Å². The number of aromatic nitrogens is 1. The number of fused-ring (bicyclic) bond motifs is 1. The molecule has 0 fully saturated rings. The number of nitrogens with zero attached hydrogens (tertiary/aromatic N) is 2. The van der Waals surface area contributed by atoms with Gasteiger partial charge in [0.25, 0.3) is 0 Å². The van der Waals surface area contributed by atoms with Gasteiger partial charge >= 0.3 is 11.8 Å². The molecule has 130 valence electrons. The molecule has 8 heteroatoms. The van der Waals surface area contributed by atoms with E-state index in [9.17, 15) is 9.59 Å². The molecule has 2 N–H and O–H groups in total. The van der Waals surface area contributed by atoms with Gasteiger partial charge in [-0.2, -0.15) is 5.10 Å². The molecule has 2 amide bonds. The van der Waals surface area contributed by atoms with E-state index < -0.39 is 11.8 Å². The number of carbonyl (C=O) groups is 2. The van der Waals surface area contributed by atoms with Crippen molar-refractivity contribution < 1.29 is 9.59 Å². The Kier molecular flexibility index (Phi) is 5.46.